The number of fused-ring (bicyclic) bond motifs is 2. The van der Waals surface area contributed by atoms with Gasteiger partial charge in [0.05, 0.1) is 10.4 Å². The van der Waals surface area contributed by atoms with E-state index in [0.717, 1.165) is 52.2 Å². The molecular weight excluding hydrogens is 380 g/mol. The summed E-state index contributed by atoms with van der Waals surface area (Å²) in [6, 6.07) is 14.5. The Morgan fingerprint density at radius 3 is 2.90 bits per heavy atom. The van der Waals surface area contributed by atoms with E-state index in [0.29, 0.717) is 5.92 Å². The van der Waals surface area contributed by atoms with Crippen LogP contribution in [0.4, 0.5) is 0 Å². The van der Waals surface area contributed by atoms with E-state index in [-0.39, 0.29) is 5.91 Å². The topological polar surface area (TPSA) is 58.1 Å². The molecule has 29 heavy (non-hydrogen) atoms. The van der Waals surface area contributed by atoms with Crippen LogP contribution >= 0.6 is 11.3 Å². The SMILES string of the molecule is CNC(=O)c1sc2ncccc2c1[C@H]1CCN(Cc2cccc3cccnc23)C1. The molecule has 5 rings (SSSR count). The van der Waals surface area contributed by atoms with Crippen LogP contribution in [0.3, 0.4) is 0 Å². The Kier molecular flexibility index (Phi) is 4.73. The van der Waals surface area contributed by atoms with E-state index >= 15 is 0 Å². The van der Waals surface area contributed by atoms with Gasteiger partial charge in [-0.2, -0.15) is 0 Å². The number of thiophene rings is 1. The molecule has 0 aliphatic carbocycles. The molecule has 6 heteroatoms. The average molecular weight is 403 g/mol. The Hall–Kier alpha value is -2.83. The molecule has 0 unspecified atom stereocenters. The summed E-state index contributed by atoms with van der Waals surface area (Å²) in [7, 11) is 1.69. The maximum atomic E-state index is 12.5. The first-order chi connectivity index (χ1) is 14.2. The number of benzene rings is 1. The van der Waals surface area contributed by atoms with Crippen molar-refractivity contribution in [2.24, 2.45) is 0 Å². The standard InChI is InChI=1S/C23H22N4OS/c1-24-22(28)21-19(18-8-4-11-26-23(18)29-21)16-9-12-27(13-16)14-17-6-2-5-15-7-3-10-25-20(15)17/h2-8,10-11,16H,9,12-14H2,1H3,(H,24,28)/t16-/m0/s1. The molecule has 1 aliphatic rings. The molecule has 1 fully saturated rings. The molecule has 0 radical (unpaired) electrons. The van der Waals surface area contributed by atoms with Crippen LogP contribution in [0.25, 0.3) is 21.1 Å². The third-order valence-corrected chi connectivity index (χ3v) is 6.86. The molecular formula is C23H22N4OS. The minimum absolute atomic E-state index is 0.0142. The number of nitrogens with zero attached hydrogens (tertiary/aromatic N) is 3. The summed E-state index contributed by atoms with van der Waals surface area (Å²) in [5.41, 5.74) is 3.50. The highest BCUT2D eigenvalue weighted by atomic mass is 32.1. The van der Waals surface area contributed by atoms with E-state index in [9.17, 15) is 4.79 Å². The molecule has 1 amide bonds. The van der Waals surface area contributed by atoms with Crippen molar-refractivity contribution < 1.29 is 4.79 Å². The average Bonchev–Trinajstić information content (AvgIpc) is 3.37. The highest BCUT2D eigenvalue weighted by Gasteiger charge is 2.30. The number of para-hydroxylation sites is 1. The van der Waals surface area contributed by atoms with Crippen LogP contribution in [0.15, 0.2) is 54.9 Å². The normalized spacial score (nSPS) is 17.2. The fraction of sp³-hybridized carbons (Fsp3) is 0.261. The Morgan fingerprint density at radius 1 is 1.17 bits per heavy atom. The van der Waals surface area contributed by atoms with Crippen molar-refractivity contribution >= 4 is 38.4 Å². The Labute approximate surface area is 173 Å². The zero-order chi connectivity index (χ0) is 19.8. The number of pyridine rings is 2. The molecule has 0 spiro atoms. The molecule has 0 bridgehead atoms. The number of amides is 1. The summed E-state index contributed by atoms with van der Waals surface area (Å²) in [6.45, 7) is 2.83. The largest absolute Gasteiger partial charge is 0.354 e. The zero-order valence-corrected chi connectivity index (χ0v) is 17.1. The molecule has 0 saturated carbocycles. The predicted octanol–water partition coefficient (Wildman–Crippen LogP) is 4.19. The number of carbonyl (C=O) groups is 1. The van der Waals surface area contributed by atoms with Crippen molar-refractivity contribution in [3.05, 3.63) is 70.9 Å². The Balaban J connectivity index is 1.45. The first-order valence-corrected chi connectivity index (χ1v) is 10.7. The molecule has 4 aromatic rings. The molecule has 5 nitrogen and oxygen atoms in total. The summed E-state index contributed by atoms with van der Waals surface area (Å²) in [5.74, 6) is 0.322. The minimum atomic E-state index is -0.0142. The number of aromatic nitrogens is 2. The molecule has 4 heterocycles. The first kappa shape index (κ1) is 18.2. The maximum Gasteiger partial charge on any atom is 0.261 e. The van der Waals surface area contributed by atoms with Gasteiger partial charge in [0.2, 0.25) is 0 Å². The van der Waals surface area contributed by atoms with Crippen molar-refractivity contribution in [3.63, 3.8) is 0 Å². The molecule has 3 aromatic heterocycles. The molecule has 146 valence electrons. The summed E-state index contributed by atoms with van der Waals surface area (Å²) in [5, 5.41) is 5.10. The van der Waals surface area contributed by atoms with E-state index in [1.165, 1.54) is 22.3 Å². The van der Waals surface area contributed by atoms with Crippen LogP contribution < -0.4 is 5.32 Å². The lowest BCUT2D eigenvalue weighted by Gasteiger charge is -2.17. The van der Waals surface area contributed by atoms with Crippen LogP contribution in [-0.4, -0.2) is 40.9 Å². The van der Waals surface area contributed by atoms with Crippen LogP contribution in [-0.2, 0) is 6.54 Å². The summed E-state index contributed by atoms with van der Waals surface area (Å²) < 4.78 is 0. The smallest absolute Gasteiger partial charge is 0.261 e. The van der Waals surface area contributed by atoms with Gasteiger partial charge in [-0.3, -0.25) is 14.7 Å². The van der Waals surface area contributed by atoms with Crippen molar-refractivity contribution in [1.29, 1.82) is 0 Å². The van der Waals surface area contributed by atoms with Gasteiger partial charge < -0.3 is 5.32 Å². The van der Waals surface area contributed by atoms with Gasteiger partial charge >= 0.3 is 0 Å². The Morgan fingerprint density at radius 2 is 2.00 bits per heavy atom. The number of hydrogen-bond acceptors (Lipinski definition) is 5. The quantitative estimate of drug-likeness (QED) is 0.556. The summed E-state index contributed by atoms with van der Waals surface area (Å²) in [6.07, 6.45) is 4.70. The van der Waals surface area contributed by atoms with Crippen molar-refractivity contribution in [3.8, 4) is 0 Å². The van der Waals surface area contributed by atoms with Crippen LogP contribution in [0, 0.1) is 0 Å². The lowest BCUT2D eigenvalue weighted by Crippen LogP contribution is -2.21. The third-order valence-electron chi connectivity index (χ3n) is 5.73. The highest BCUT2D eigenvalue weighted by Crippen LogP contribution is 2.39. The van der Waals surface area contributed by atoms with Gasteiger partial charge in [0.25, 0.3) is 5.91 Å². The Bertz CT molecular complexity index is 1200. The number of rotatable bonds is 4. The number of hydrogen-bond donors (Lipinski definition) is 1. The van der Waals surface area contributed by atoms with Gasteiger partial charge in [-0.15, -0.1) is 11.3 Å². The van der Waals surface area contributed by atoms with Crippen LogP contribution in [0.2, 0.25) is 0 Å². The van der Waals surface area contributed by atoms with Gasteiger partial charge in [0.15, 0.2) is 0 Å². The van der Waals surface area contributed by atoms with Gasteiger partial charge in [-0.25, -0.2) is 4.98 Å². The molecule has 1 N–H and O–H groups in total. The fourth-order valence-corrected chi connectivity index (χ4v) is 5.56. The van der Waals surface area contributed by atoms with Crippen molar-refractivity contribution in [2.75, 3.05) is 20.1 Å². The second kappa shape index (κ2) is 7.54. The number of likely N-dealkylation sites (tertiary alicyclic amines) is 1. The summed E-state index contributed by atoms with van der Waals surface area (Å²) in [4.78, 5) is 25.8. The predicted molar refractivity (Wildman–Crippen MR) is 117 cm³/mol. The third kappa shape index (κ3) is 3.28. The lowest BCUT2D eigenvalue weighted by molar-refractivity contribution is 0.0966. The van der Waals surface area contributed by atoms with E-state index in [2.05, 4.69) is 50.5 Å². The van der Waals surface area contributed by atoms with E-state index in [1.54, 1.807) is 13.2 Å². The van der Waals surface area contributed by atoms with E-state index in [4.69, 9.17) is 0 Å². The molecule has 1 aromatic carbocycles. The fourth-order valence-electron chi connectivity index (χ4n) is 4.39. The molecule has 1 saturated heterocycles. The molecule has 1 aliphatic heterocycles. The van der Waals surface area contributed by atoms with Gasteiger partial charge in [0.1, 0.15) is 4.83 Å². The maximum absolute atomic E-state index is 12.5. The van der Waals surface area contributed by atoms with Crippen molar-refractivity contribution in [1.82, 2.24) is 20.2 Å². The zero-order valence-electron chi connectivity index (χ0n) is 16.3. The monoisotopic (exact) mass is 402 g/mol. The lowest BCUT2D eigenvalue weighted by atomic mass is 9.95. The number of nitrogens with one attached hydrogen (secondary N) is 1. The second-order valence-corrected chi connectivity index (χ2v) is 8.49. The van der Waals surface area contributed by atoms with E-state index in [1.807, 2.05) is 18.3 Å². The van der Waals surface area contributed by atoms with Gasteiger partial charge in [-0.05, 0) is 36.2 Å². The summed E-state index contributed by atoms with van der Waals surface area (Å²) >= 11 is 1.50. The first-order valence-electron chi connectivity index (χ1n) is 9.89. The van der Waals surface area contributed by atoms with E-state index < -0.39 is 0 Å². The number of carbonyl (C=O) groups excluding carboxylic acids is 1. The highest BCUT2D eigenvalue weighted by molar-refractivity contribution is 7.20. The minimum Gasteiger partial charge on any atom is -0.354 e. The van der Waals surface area contributed by atoms with Crippen molar-refractivity contribution in [2.45, 2.75) is 18.9 Å². The van der Waals surface area contributed by atoms with Gasteiger partial charge in [-0.1, -0.05) is 30.3 Å². The van der Waals surface area contributed by atoms with Crippen LogP contribution in [0.5, 0.6) is 0 Å². The van der Waals surface area contributed by atoms with Gasteiger partial charge in [0, 0.05) is 49.2 Å². The van der Waals surface area contributed by atoms with Crippen LogP contribution in [0.1, 0.15) is 33.1 Å². The second-order valence-electron chi connectivity index (χ2n) is 7.49. The molecule has 1 atom stereocenters.